The Bertz CT molecular complexity index is 1030. The molecule has 2 aromatic heterocycles. The lowest BCUT2D eigenvalue weighted by Gasteiger charge is -2.03. The maximum Gasteiger partial charge on any atom is 0.324 e. The molecule has 0 saturated heterocycles. The normalized spacial score (nSPS) is 11.5. The van der Waals surface area contributed by atoms with Gasteiger partial charge in [-0.15, -0.1) is 0 Å². The molecule has 2 heterocycles. The van der Waals surface area contributed by atoms with Gasteiger partial charge in [0.25, 0.3) is 0 Å². The van der Waals surface area contributed by atoms with Crippen LogP contribution in [0.15, 0.2) is 77.5 Å². The van der Waals surface area contributed by atoms with E-state index in [4.69, 9.17) is 0 Å². The summed E-state index contributed by atoms with van der Waals surface area (Å²) in [6.07, 6.45) is 0. The van der Waals surface area contributed by atoms with Gasteiger partial charge in [-0.3, -0.25) is 19.2 Å². The van der Waals surface area contributed by atoms with E-state index in [1.54, 1.807) is 24.3 Å². The fourth-order valence-corrected chi connectivity index (χ4v) is 4.07. The van der Waals surface area contributed by atoms with E-state index in [2.05, 4.69) is 0 Å². The minimum absolute atomic E-state index is 0.478. The van der Waals surface area contributed by atoms with Crippen LogP contribution in [0.25, 0.3) is 11.4 Å². The lowest BCUT2D eigenvalue weighted by Crippen LogP contribution is -1.91. The highest BCUT2D eigenvalue weighted by molar-refractivity contribution is 8.76. The second kappa shape index (κ2) is 5.50. The topological polar surface area (TPSA) is 78.1 Å². The molecular formula is C16H8N2O4S2. The van der Waals surface area contributed by atoms with E-state index in [0.717, 1.165) is 18.9 Å². The molecule has 0 bridgehead atoms. The van der Waals surface area contributed by atoms with Gasteiger partial charge in [0, 0.05) is 9.79 Å². The van der Waals surface area contributed by atoms with Crippen molar-refractivity contribution in [3.8, 4) is 11.4 Å². The van der Waals surface area contributed by atoms with Crippen molar-refractivity contribution in [2.75, 3.05) is 0 Å². The summed E-state index contributed by atoms with van der Waals surface area (Å²) < 4.78 is 2.24. The number of hydrogen-bond acceptors (Lipinski definition) is 6. The zero-order valence-electron chi connectivity index (χ0n) is 12.0. The van der Waals surface area contributed by atoms with Crippen molar-refractivity contribution >= 4 is 21.6 Å². The quantitative estimate of drug-likeness (QED) is 0.396. The molecule has 0 atom stereocenters. The van der Waals surface area contributed by atoms with E-state index in [-0.39, 0.29) is 0 Å². The Morgan fingerprint density at radius 2 is 0.792 bits per heavy atom. The molecular weight excluding hydrogens is 348 g/mol. The van der Waals surface area contributed by atoms with Crippen molar-refractivity contribution in [1.29, 1.82) is 0 Å². The number of aromatic nitrogens is 2. The van der Waals surface area contributed by atoms with Gasteiger partial charge in [-0.25, -0.2) is 9.13 Å². The van der Waals surface area contributed by atoms with Gasteiger partial charge < -0.3 is 0 Å². The smallest absolute Gasteiger partial charge is 0.262 e. The standard InChI is InChI=1S/C16H8N2O4S2/c19-13-14(20)17(13)9-1-5-11(6-2-9)23-24-12-7-3-10(4-8-12)18-15(21)16(18)22/h1-8H. The fourth-order valence-electron chi connectivity index (χ4n) is 2.14. The van der Waals surface area contributed by atoms with Gasteiger partial charge in [-0.1, -0.05) is 21.6 Å². The molecule has 0 aliphatic carbocycles. The Kier molecular flexibility index (Phi) is 3.43. The Morgan fingerprint density at radius 1 is 0.500 bits per heavy atom. The fraction of sp³-hybridized carbons (Fsp3) is 0. The minimum Gasteiger partial charge on any atom is -0.262 e. The van der Waals surface area contributed by atoms with Crippen LogP contribution in [0.5, 0.6) is 0 Å². The molecule has 0 unspecified atom stereocenters. The van der Waals surface area contributed by atoms with Gasteiger partial charge in [0.05, 0.1) is 11.4 Å². The van der Waals surface area contributed by atoms with Gasteiger partial charge in [-0.2, -0.15) is 0 Å². The first-order chi connectivity index (χ1) is 11.6. The van der Waals surface area contributed by atoms with E-state index in [0.29, 0.717) is 11.4 Å². The molecule has 0 fully saturated rings. The summed E-state index contributed by atoms with van der Waals surface area (Å²) in [7, 11) is 3.06. The van der Waals surface area contributed by atoms with Crippen LogP contribution in [-0.2, 0) is 0 Å². The summed E-state index contributed by atoms with van der Waals surface area (Å²) in [5.74, 6) is 0. The largest absolute Gasteiger partial charge is 0.324 e. The molecule has 0 spiro atoms. The summed E-state index contributed by atoms with van der Waals surface area (Å²) in [6.45, 7) is 0. The number of rotatable bonds is 5. The van der Waals surface area contributed by atoms with Gasteiger partial charge in [0.1, 0.15) is 0 Å². The van der Waals surface area contributed by atoms with Gasteiger partial charge >= 0.3 is 22.2 Å². The van der Waals surface area contributed by atoms with E-state index in [9.17, 15) is 19.2 Å². The maximum atomic E-state index is 11.1. The third-order valence-electron chi connectivity index (χ3n) is 3.50. The number of nitrogens with zero attached hydrogens (tertiary/aromatic N) is 2. The van der Waals surface area contributed by atoms with Crippen molar-refractivity contribution in [3.05, 3.63) is 89.9 Å². The highest BCUT2D eigenvalue weighted by Crippen LogP contribution is 2.37. The summed E-state index contributed by atoms with van der Waals surface area (Å²) >= 11 is 0. The Morgan fingerprint density at radius 3 is 1.04 bits per heavy atom. The van der Waals surface area contributed by atoms with Gasteiger partial charge in [0.15, 0.2) is 0 Å². The van der Waals surface area contributed by atoms with Crippen LogP contribution in [0.3, 0.4) is 0 Å². The van der Waals surface area contributed by atoms with Crippen molar-refractivity contribution in [3.63, 3.8) is 0 Å². The zero-order valence-corrected chi connectivity index (χ0v) is 13.6. The molecule has 0 aliphatic heterocycles. The molecule has 0 radical (unpaired) electrons. The van der Waals surface area contributed by atoms with Crippen LogP contribution in [0.2, 0.25) is 0 Å². The third-order valence-corrected chi connectivity index (χ3v) is 5.92. The van der Waals surface area contributed by atoms with Crippen LogP contribution in [0.4, 0.5) is 0 Å². The van der Waals surface area contributed by atoms with Crippen LogP contribution in [0, 0.1) is 0 Å². The predicted octanol–water partition coefficient (Wildman–Crippen LogP) is 1.26. The third kappa shape index (κ3) is 2.59. The number of benzene rings is 2. The molecule has 0 amide bonds. The summed E-state index contributed by atoms with van der Waals surface area (Å²) in [5, 5.41) is 0. The Hall–Kier alpha value is -2.58. The van der Waals surface area contributed by atoms with Gasteiger partial charge in [-0.05, 0) is 48.5 Å². The van der Waals surface area contributed by atoms with E-state index >= 15 is 0 Å². The molecule has 4 rings (SSSR count). The van der Waals surface area contributed by atoms with Crippen molar-refractivity contribution in [2.45, 2.75) is 9.79 Å². The minimum atomic E-state index is -0.478. The van der Waals surface area contributed by atoms with Crippen LogP contribution >= 0.6 is 21.6 Å². The average Bonchev–Trinajstić information content (AvgIpc) is 3.42. The Balaban J connectivity index is 1.41. The van der Waals surface area contributed by atoms with Crippen LogP contribution in [-0.4, -0.2) is 9.13 Å². The monoisotopic (exact) mass is 356 g/mol. The predicted molar refractivity (Wildman–Crippen MR) is 93.1 cm³/mol. The summed E-state index contributed by atoms with van der Waals surface area (Å²) in [4.78, 5) is 46.2. The van der Waals surface area contributed by atoms with Crippen molar-refractivity contribution in [1.82, 2.24) is 9.13 Å². The molecule has 118 valence electrons. The van der Waals surface area contributed by atoms with Crippen LogP contribution < -0.4 is 22.2 Å². The highest BCUT2D eigenvalue weighted by atomic mass is 33.1. The van der Waals surface area contributed by atoms with Crippen molar-refractivity contribution < 1.29 is 0 Å². The summed E-state index contributed by atoms with van der Waals surface area (Å²) in [6, 6.07) is 14.3. The molecule has 6 nitrogen and oxygen atoms in total. The lowest BCUT2D eigenvalue weighted by atomic mass is 10.3. The molecule has 0 aliphatic rings. The maximum absolute atomic E-state index is 11.1. The molecule has 8 heteroatoms. The molecule has 0 N–H and O–H groups in total. The zero-order chi connectivity index (χ0) is 16.8. The molecule has 24 heavy (non-hydrogen) atoms. The molecule has 0 saturated carbocycles. The van der Waals surface area contributed by atoms with E-state index < -0.39 is 22.2 Å². The SMILES string of the molecule is O=c1c(=O)n1-c1ccc(SSc2ccc(-n3c(=O)c3=O)cc2)cc1. The first-order valence-electron chi connectivity index (χ1n) is 6.88. The van der Waals surface area contributed by atoms with E-state index in [1.165, 1.54) is 21.6 Å². The van der Waals surface area contributed by atoms with Gasteiger partial charge in [0.2, 0.25) is 0 Å². The lowest BCUT2D eigenvalue weighted by molar-refractivity contribution is 1.16. The second-order valence-electron chi connectivity index (χ2n) is 5.05. The Labute approximate surface area is 142 Å². The second-order valence-corrected chi connectivity index (χ2v) is 7.32. The highest BCUT2D eigenvalue weighted by Gasteiger charge is 2.18. The average molecular weight is 356 g/mol. The molecule has 2 aromatic carbocycles. The summed E-state index contributed by atoms with van der Waals surface area (Å²) in [5.41, 5.74) is -0.754. The van der Waals surface area contributed by atoms with E-state index in [1.807, 2.05) is 24.3 Å². The van der Waals surface area contributed by atoms with Crippen molar-refractivity contribution in [2.24, 2.45) is 0 Å². The first kappa shape index (κ1) is 15.0. The molecule has 4 aromatic rings. The first-order valence-corrected chi connectivity index (χ1v) is 9.03. The number of hydrogen-bond donors (Lipinski definition) is 0. The van der Waals surface area contributed by atoms with Crippen LogP contribution in [0.1, 0.15) is 0 Å².